The number of fused-ring (bicyclic) bond motifs is 1. The topological polar surface area (TPSA) is 72.8 Å². The fourth-order valence-electron chi connectivity index (χ4n) is 3.03. The largest absolute Gasteiger partial charge is 0.497 e. The van der Waals surface area contributed by atoms with Gasteiger partial charge in [-0.05, 0) is 42.5 Å². The Morgan fingerprint density at radius 1 is 1.21 bits per heavy atom. The van der Waals surface area contributed by atoms with Crippen molar-refractivity contribution in [2.24, 2.45) is 4.99 Å². The molecule has 3 aromatic carbocycles. The molecule has 0 saturated heterocycles. The second-order valence-electron chi connectivity index (χ2n) is 6.93. The first kappa shape index (κ1) is 24.0. The smallest absolute Gasteiger partial charge is 0.234 e. The summed E-state index contributed by atoms with van der Waals surface area (Å²) in [6, 6.07) is 15.2. The molecule has 0 radical (unpaired) electrons. The third-order valence-corrected chi connectivity index (χ3v) is 7.19. The van der Waals surface area contributed by atoms with Gasteiger partial charge in [0.05, 0.1) is 46.6 Å². The average Bonchev–Trinajstić information content (AvgIpc) is 3.24. The van der Waals surface area contributed by atoms with E-state index in [-0.39, 0.29) is 17.2 Å². The number of hydrogen-bond acceptors (Lipinski definition) is 7. The minimum Gasteiger partial charge on any atom is -0.497 e. The molecule has 6 nitrogen and oxygen atoms in total. The first-order chi connectivity index (χ1) is 16.5. The number of rotatable bonds is 8. The molecule has 1 heterocycles. The Kier molecular flexibility index (Phi) is 7.66. The minimum absolute atomic E-state index is 0.178. The van der Waals surface area contributed by atoms with Crippen molar-refractivity contribution < 1.29 is 18.7 Å². The molecule has 0 atom stereocenters. The number of aliphatic imine (C=N–C) groups is 1. The fourth-order valence-corrected chi connectivity index (χ4v) is 5.15. The number of carbonyl (C=O) groups excluding carboxylic acids is 1. The number of anilines is 1. The number of nitrogens with zero attached hydrogens (tertiary/aromatic N) is 2. The van der Waals surface area contributed by atoms with Crippen molar-refractivity contribution in [2.45, 2.75) is 4.34 Å². The first-order valence-electron chi connectivity index (χ1n) is 10.00. The second-order valence-corrected chi connectivity index (χ2v) is 9.59. The van der Waals surface area contributed by atoms with E-state index in [4.69, 9.17) is 21.1 Å². The van der Waals surface area contributed by atoms with Gasteiger partial charge in [-0.1, -0.05) is 29.4 Å². The van der Waals surface area contributed by atoms with E-state index in [1.807, 2.05) is 12.1 Å². The SMILES string of the molecule is COc1ccc(OC)c(NC(=O)CSc2nc3ccc(N=Cc4c(F)cccc4Cl)cc3s2)c1. The van der Waals surface area contributed by atoms with Crippen molar-refractivity contribution >= 4 is 68.4 Å². The predicted octanol–water partition coefficient (Wildman–Crippen LogP) is 6.59. The Bertz CT molecular complexity index is 1360. The van der Waals surface area contributed by atoms with Crippen molar-refractivity contribution in [3.8, 4) is 11.5 Å². The normalized spacial score (nSPS) is 11.2. The summed E-state index contributed by atoms with van der Waals surface area (Å²) >= 11 is 8.84. The lowest BCUT2D eigenvalue weighted by molar-refractivity contribution is -0.113. The molecule has 0 aliphatic heterocycles. The van der Waals surface area contributed by atoms with E-state index >= 15 is 0 Å². The van der Waals surface area contributed by atoms with E-state index < -0.39 is 5.82 Å². The molecular weight excluding hydrogens is 497 g/mol. The third kappa shape index (κ3) is 5.67. The lowest BCUT2D eigenvalue weighted by atomic mass is 10.2. The Balaban J connectivity index is 1.43. The highest BCUT2D eigenvalue weighted by Crippen LogP contribution is 2.33. The number of halogens is 2. The van der Waals surface area contributed by atoms with Gasteiger partial charge in [-0.3, -0.25) is 9.79 Å². The number of methoxy groups -OCH3 is 2. The van der Waals surface area contributed by atoms with Crippen molar-refractivity contribution in [3.63, 3.8) is 0 Å². The zero-order chi connectivity index (χ0) is 24.1. The summed E-state index contributed by atoms with van der Waals surface area (Å²) < 4.78 is 26.1. The van der Waals surface area contributed by atoms with E-state index in [2.05, 4.69) is 15.3 Å². The van der Waals surface area contributed by atoms with E-state index in [0.29, 0.717) is 27.9 Å². The molecule has 0 saturated carbocycles. The van der Waals surface area contributed by atoms with Crippen LogP contribution in [0.4, 0.5) is 15.8 Å². The molecule has 0 bridgehead atoms. The first-order valence-corrected chi connectivity index (χ1v) is 12.2. The number of thiazole rings is 1. The number of thioether (sulfide) groups is 1. The quantitative estimate of drug-likeness (QED) is 0.212. The minimum atomic E-state index is -0.432. The van der Waals surface area contributed by atoms with Crippen LogP contribution < -0.4 is 14.8 Å². The van der Waals surface area contributed by atoms with Gasteiger partial charge in [0.15, 0.2) is 4.34 Å². The van der Waals surface area contributed by atoms with Gasteiger partial charge in [-0.2, -0.15) is 0 Å². The zero-order valence-electron chi connectivity index (χ0n) is 18.2. The van der Waals surface area contributed by atoms with Gasteiger partial charge in [0.1, 0.15) is 17.3 Å². The molecule has 34 heavy (non-hydrogen) atoms. The Morgan fingerprint density at radius 3 is 2.82 bits per heavy atom. The average molecular weight is 516 g/mol. The standard InChI is InChI=1S/C24H19ClFN3O3S2/c1-31-15-7-9-21(32-2)20(11-15)28-23(30)13-33-24-29-19-8-6-14(10-22(19)34-24)27-12-16-17(25)4-3-5-18(16)26/h3-12H,13H2,1-2H3,(H,28,30). The van der Waals surface area contributed by atoms with Crippen LogP contribution in [-0.2, 0) is 4.79 Å². The highest BCUT2D eigenvalue weighted by molar-refractivity contribution is 8.01. The molecule has 10 heteroatoms. The number of amides is 1. The molecule has 4 rings (SSSR count). The number of aromatic nitrogens is 1. The summed E-state index contributed by atoms with van der Waals surface area (Å²) in [5, 5.41) is 3.14. The monoisotopic (exact) mass is 515 g/mol. The molecule has 1 N–H and O–H groups in total. The van der Waals surface area contributed by atoms with Crippen LogP contribution in [0.5, 0.6) is 11.5 Å². The van der Waals surface area contributed by atoms with E-state index in [1.165, 1.54) is 42.5 Å². The van der Waals surface area contributed by atoms with Crippen LogP contribution in [0.3, 0.4) is 0 Å². The summed E-state index contributed by atoms with van der Waals surface area (Å²) in [6.45, 7) is 0. The van der Waals surface area contributed by atoms with Crippen molar-refractivity contribution in [1.29, 1.82) is 0 Å². The van der Waals surface area contributed by atoms with E-state index in [9.17, 15) is 9.18 Å². The molecule has 4 aromatic rings. The Morgan fingerprint density at radius 2 is 2.06 bits per heavy atom. The van der Waals surface area contributed by atoms with Crippen molar-refractivity contribution in [2.75, 3.05) is 25.3 Å². The molecular formula is C24H19ClFN3O3S2. The number of benzene rings is 3. The molecule has 174 valence electrons. The highest BCUT2D eigenvalue weighted by atomic mass is 35.5. The third-order valence-electron chi connectivity index (χ3n) is 4.70. The van der Waals surface area contributed by atoms with Gasteiger partial charge in [0.25, 0.3) is 0 Å². The van der Waals surface area contributed by atoms with Gasteiger partial charge in [-0.25, -0.2) is 9.37 Å². The Labute approximate surface area is 208 Å². The molecule has 0 spiro atoms. The van der Waals surface area contributed by atoms with Crippen LogP contribution in [0.2, 0.25) is 5.02 Å². The molecule has 1 amide bonds. The van der Waals surface area contributed by atoms with Crippen LogP contribution in [0.25, 0.3) is 10.2 Å². The number of hydrogen-bond donors (Lipinski definition) is 1. The maximum atomic E-state index is 13.9. The van der Waals surface area contributed by atoms with E-state index in [1.54, 1.807) is 43.5 Å². The van der Waals surface area contributed by atoms with Gasteiger partial charge in [0, 0.05) is 17.8 Å². The van der Waals surface area contributed by atoms with Crippen LogP contribution in [0.1, 0.15) is 5.56 Å². The van der Waals surface area contributed by atoms with Crippen LogP contribution in [-0.4, -0.2) is 37.1 Å². The summed E-state index contributed by atoms with van der Waals surface area (Å²) in [6.07, 6.45) is 1.41. The maximum Gasteiger partial charge on any atom is 0.234 e. The zero-order valence-corrected chi connectivity index (χ0v) is 20.6. The van der Waals surface area contributed by atoms with E-state index in [0.717, 1.165) is 14.6 Å². The highest BCUT2D eigenvalue weighted by Gasteiger charge is 2.12. The second kappa shape index (κ2) is 10.9. The predicted molar refractivity (Wildman–Crippen MR) is 137 cm³/mol. The van der Waals surface area contributed by atoms with Crippen molar-refractivity contribution in [3.05, 3.63) is 71.0 Å². The summed E-state index contributed by atoms with van der Waals surface area (Å²) in [7, 11) is 3.10. The number of ether oxygens (including phenoxy) is 2. The summed E-state index contributed by atoms with van der Waals surface area (Å²) in [5.74, 6) is 0.716. The lowest BCUT2D eigenvalue weighted by Crippen LogP contribution is -2.14. The van der Waals surface area contributed by atoms with Crippen LogP contribution in [0, 0.1) is 5.82 Å². The molecule has 0 unspecified atom stereocenters. The molecule has 0 fully saturated rings. The lowest BCUT2D eigenvalue weighted by Gasteiger charge is -2.11. The number of carbonyl (C=O) groups is 1. The van der Waals surface area contributed by atoms with Gasteiger partial charge >= 0.3 is 0 Å². The molecule has 1 aromatic heterocycles. The molecule has 0 aliphatic rings. The van der Waals surface area contributed by atoms with Gasteiger partial charge in [0.2, 0.25) is 5.91 Å². The summed E-state index contributed by atoms with van der Waals surface area (Å²) in [4.78, 5) is 21.4. The van der Waals surface area contributed by atoms with Gasteiger partial charge in [-0.15, -0.1) is 11.3 Å². The van der Waals surface area contributed by atoms with Crippen LogP contribution in [0.15, 0.2) is 63.9 Å². The maximum absolute atomic E-state index is 13.9. The Hall–Kier alpha value is -3.14. The molecule has 0 aliphatic carbocycles. The van der Waals surface area contributed by atoms with Gasteiger partial charge < -0.3 is 14.8 Å². The fraction of sp³-hybridized carbons (Fsp3) is 0.125. The van der Waals surface area contributed by atoms with Crippen LogP contribution >= 0.6 is 34.7 Å². The summed E-state index contributed by atoms with van der Waals surface area (Å²) in [5.41, 5.74) is 2.22. The number of nitrogens with one attached hydrogen (secondary N) is 1. The van der Waals surface area contributed by atoms with Crippen molar-refractivity contribution in [1.82, 2.24) is 4.98 Å².